The largest absolute Gasteiger partial charge is 0.465 e. The van der Waals surface area contributed by atoms with Gasteiger partial charge in [-0.1, -0.05) is 11.6 Å². The highest BCUT2D eigenvalue weighted by molar-refractivity contribution is 6.33. The SMILES string of the molecule is COC(=O)c1ccc(Cl)c(NC(=O)CCn2cnc3c(cnn3C)c2=O)c1. The molecule has 140 valence electrons. The third kappa shape index (κ3) is 3.82. The molecular weight excluding hydrogens is 374 g/mol. The van der Waals surface area contributed by atoms with Gasteiger partial charge in [-0.2, -0.15) is 5.10 Å². The molecule has 0 aliphatic heterocycles. The Labute approximate surface area is 158 Å². The number of nitrogens with one attached hydrogen (secondary N) is 1. The molecule has 3 rings (SSSR count). The average molecular weight is 390 g/mol. The van der Waals surface area contributed by atoms with Crippen LogP contribution in [0.4, 0.5) is 5.69 Å². The van der Waals surface area contributed by atoms with E-state index in [0.29, 0.717) is 11.0 Å². The average Bonchev–Trinajstić information content (AvgIpc) is 3.04. The van der Waals surface area contributed by atoms with Crippen LogP contribution in [0.5, 0.6) is 0 Å². The molecule has 2 heterocycles. The number of anilines is 1. The fraction of sp³-hybridized carbons (Fsp3) is 0.235. The van der Waals surface area contributed by atoms with Gasteiger partial charge in [0, 0.05) is 20.0 Å². The molecule has 3 aromatic rings. The van der Waals surface area contributed by atoms with Crippen molar-refractivity contribution in [3.8, 4) is 0 Å². The second-order valence-electron chi connectivity index (χ2n) is 5.73. The summed E-state index contributed by atoms with van der Waals surface area (Å²) < 4.78 is 7.49. The van der Waals surface area contributed by atoms with E-state index in [1.807, 2.05) is 0 Å². The first-order chi connectivity index (χ1) is 12.9. The van der Waals surface area contributed by atoms with Crippen LogP contribution in [0.3, 0.4) is 0 Å². The number of nitrogens with zero attached hydrogens (tertiary/aromatic N) is 4. The molecule has 0 saturated heterocycles. The van der Waals surface area contributed by atoms with Crippen LogP contribution in [0.1, 0.15) is 16.8 Å². The van der Waals surface area contributed by atoms with Crippen molar-refractivity contribution in [3.05, 3.63) is 51.7 Å². The van der Waals surface area contributed by atoms with Gasteiger partial charge >= 0.3 is 5.97 Å². The van der Waals surface area contributed by atoms with E-state index in [9.17, 15) is 14.4 Å². The molecular formula is C17H16ClN5O4. The van der Waals surface area contributed by atoms with Gasteiger partial charge in [-0.15, -0.1) is 0 Å². The minimum absolute atomic E-state index is 0.0200. The summed E-state index contributed by atoms with van der Waals surface area (Å²) in [7, 11) is 2.96. The number of benzene rings is 1. The number of halogens is 1. The van der Waals surface area contributed by atoms with Crippen molar-refractivity contribution in [1.82, 2.24) is 19.3 Å². The van der Waals surface area contributed by atoms with E-state index in [2.05, 4.69) is 20.1 Å². The van der Waals surface area contributed by atoms with Gasteiger partial charge in [-0.05, 0) is 18.2 Å². The lowest BCUT2D eigenvalue weighted by molar-refractivity contribution is -0.116. The zero-order valence-corrected chi connectivity index (χ0v) is 15.4. The van der Waals surface area contributed by atoms with Gasteiger partial charge in [0.15, 0.2) is 5.65 Å². The third-order valence-electron chi connectivity index (χ3n) is 3.96. The second-order valence-corrected chi connectivity index (χ2v) is 6.14. The maximum Gasteiger partial charge on any atom is 0.337 e. The number of ether oxygens (including phenoxy) is 1. The number of hydrogen-bond donors (Lipinski definition) is 1. The van der Waals surface area contributed by atoms with Crippen LogP contribution in [0.2, 0.25) is 5.02 Å². The molecule has 0 aliphatic carbocycles. The Morgan fingerprint density at radius 2 is 2.11 bits per heavy atom. The first-order valence-electron chi connectivity index (χ1n) is 7.95. The molecule has 10 heteroatoms. The number of aromatic nitrogens is 4. The molecule has 0 unspecified atom stereocenters. The van der Waals surface area contributed by atoms with Crippen molar-refractivity contribution >= 4 is 40.2 Å². The lowest BCUT2D eigenvalue weighted by atomic mass is 10.2. The number of rotatable bonds is 5. The Morgan fingerprint density at radius 3 is 2.85 bits per heavy atom. The highest BCUT2D eigenvalue weighted by Crippen LogP contribution is 2.23. The van der Waals surface area contributed by atoms with E-state index in [-0.39, 0.29) is 40.7 Å². The molecule has 0 radical (unpaired) electrons. The first kappa shape index (κ1) is 18.6. The van der Waals surface area contributed by atoms with Crippen LogP contribution in [0.15, 0.2) is 35.5 Å². The van der Waals surface area contributed by atoms with Gasteiger partial charge in [0.25, 0.3) is 5.56 Å². The summed E-state index contributed by atoms with van der Waals surface area (Å²) in [5.41, 5.74) is 0.760. The fourth-order valence-electron chi connectivity index (χ4n) is 2.53. The number of aryl methyl sites for hydroxylation is 2. The lowest BCUT2D eigenvalue weighted by Crippen LogP contribution is -2.23. The quantitative estimate of drug-likeness (QED) is 0.664. The molecule has 2 aromatic heterocycles. The van der Waals surface area contributed by atoms with Gasteiger partial charge in [-0.25, -0.2) is 9.78 Å². The monoisotopic (exact) mass is 389 g/mol. The van der Waals surface area contributed by atoms with E-state index in [0.717, 1.165) is 0 Å². The standard InChI is InChI=1S/C17H16ClN5O4/c1-22-15-11(8-20-22)16(25)23(9-19-15)6-5-14(24)21-13-7-10(17(26)27-2)3-4-12(13)18/h3-4,7-9H,5-6H2,1-2H3,(H,21,24). The van der Waals surface area contributed by atoms with Crippen molar-refractivity contribution in [2.24, 2.45) is 7.05 Å². The molecule has 0 aliphatic rings. The highest BCUT2D eigenvalue weighted by atomic mass is 35.5. The Morgan fingerprint density at radius 1 is 1.33 bits per heavy atom. The fourth-order valence-corrected chi connectivity index (χ4v) is 2.69. The number of amides is 1. The number of carbonyl (C=O) groups excluding carboxylic acids is 2. The van der Waals surface area contributed by atoms with Crippen LogP contribution in [0.25, 0.3) is 11.0 Å². The summed E-state index contributed by atoms with van der Waals surface area (Å²) in [5, 5.41) is 7.29. The summed E-state index contributed by atoms with van der Waals surface area (Å²) in [6, 6.07) is 4.42. The van der Waals surface area contributed by atoms with Crippen molar-refractivity contribution in [2.45, 2.75) is 13.0 Å². The summed E-state index contributed by atoms with van der Waals surface area (Å²) in [6.45, 7) is 0.136. The Kier molecular flexibility index (Phi) is 5.22. The molecule has 1 amide bonds. The topological polar surface area (TPSA) is 108 Å². The predicted octanol–water partition coefficient (Wildman–Crippen LogP) is 1.60. The molecule has 0 bridgehead atoms. The lowest BCUT2D eigenvalue weighted by Gasteiger charge is -2.10. The molecule has 1 aromatic carbocycles. The molecule has 1 N–H and O–H groups in total. The summed E-state index contributed by atoms with van der Waals surface area (Å²) in [5.74, 6) is -0.901. The molecule has 9 nitrogen and oxygen atoms in total. The zero-order valence-electron chi connectivity index (χ0n) is 14.6. The van der Waals surface area contributed by atoms with Crippen molar-refractivity contribution < 1.29 is 14.3 Å². The van der Waals surface area contributed by atoms with E-state index in [1.165, 1.54) is 47.1 Å². The smallest absolute Gasteiger partial charge is 0.337 e. The van der Waals surface area contributed by atoms with E-state index in [1.54, 1.807) is 7.05 Å². The number of carbonyl (C=O) groups is 2. The predicted molar refractivity (Wildman–Crippen MR) is 98.8 cm³/mol. The number of methoxy groups -OCH3 is 1. The van der Waals surface area contributed by atoms with Crippen LogP contribution in [-0.4, -0.2) is 38.3 Å². The Balaban J connectivity index is 1.71. The normalized spacial score (nSPS) is 10.8. The molecule has 0 fully saturated rings. The van der Waals surface area contributed by atoms with Crippen LogP contribution in [0, 0.1) is 0 Å². The summed E-state index contributed by atoms with van der Waals surface area (Å²) >= 11 is 6.06. The van der Waals surface area contributed by atoms with Gasteiger partial charge in [0.1, 0.15) is 5.39 Å². The van der Waals surface area contributed by atoms with Gasteiger partial charge < -0.3 is 10.1 Å². The Bertz CT molecular complexity index is 1090. The number of fused-ring (bicyclic) bond motifs is 1. The summed E-state index contributed by atoms with van der Waals surface area (Å²) in [6.07, 6.45) is 2.84. The van der Waals surface area contributed by atoms with Crippen LogP contribution in [-0.2, 0) is 23.1 Å². The van der Waals surface area contributed by atoms with Gasteiger partial charge in [0.05, 0.1) is 35.9 Å². The molecule has 0 atom stereocenters. The summed E-state index contributed by atoms with van der Waals surface area (Å²) in [4.78, 5) is 40.4. The van der Waals surface area contributed by atoms with Crippen molar-refractivity contribution in [3.63, 3.8) is 0 Å². The number of hydrogen-bond acceptors (Lipinski definition) is 6. The zero-order chi connectivity index (χ0) is 19.6. The minimum atomic E-state index is -0.537. The first-order valence-corrected chi connectivity index (χ1v) is 8.33. The maximum atomic E-state index is 12.4. The van der Waals surface area contributed by atoms with Crippen LogP contribution >= 0.6 is 11.6 Å². The van der Waals surface area contributed by atoms with E-state index in [4.69, 9.17) is 11.6 Å². The molecule has 0 saturated carbocycles. The van der Waals surface area contributed by atoms with Crippen molar-refractivity contribution in [1.29, 1.82) is 0 Å². The molecule has 27 heavy (non-hydrogen) atoms. The van der Waals surface area contributed by atoms with Gasteiger partial charge in [0.2, 0.25) is 5.91 Å². The third-order valence-corrected chi connectivity index (χ3v) is 4.29. The highest BCUT2D eigenvalue weighted by Gasteiger charge is 2.13. The number of esters is 1. The van der Waals surface area contributed by atoms with Crippen molar-refractivity contribution in [2.75, 3.05) is 12.4 Å². The second kappa shape index (κ2) is 7.58. The van der Waals surface area contributed by atoms with E-state index >= 15 is 0 Å². The van der Waals surface area contributed by atoms with Crippen LogP contribution < -0.4 is 10.9 Å². The van der Waals surface area contributed by atoms with E-state index < -0.39 is 5.97 Å². The maximum absolute atomic E-state index is 12.4. The Hall–Kier alpha value is -3.20. The van der Waals surface area contributed by atoms with Gasteiger partial charge in [-0.3, -0.25) is 18.8 Å². The molecule has 0 spiro atoms. The minimum Gasteiger partial charge on any atom is -0.465 e.